The van der Waals surface area contributed by atoms with Crippen molar-refractivity contribution in [3.05, 3.63) is 41.0 Å². The van der Waals surface area contributed by atoms with Gasteiger partial charge >= 0.3 is 5.97 Å². The van der Waals surface area contributed by atoms with Crippen LogP contribution < -0.4 is 5.73 Å². The molecule has 5 heteroatoms. The number of allylic oxidation sites excluding steroid dienone is 2. The first kappa shape index (κ1) is 15.2. The number of aliphatic carboxylic acids is 1. The maximum Gasteiger partial charge on any atom is 0.323 e. The molecular weight excluding hydrogens is 246 g/mol. The molecule has 0 bridgehead atoms. The molecule has 0 saturated carbocycles. The van der Waals surface area contributed by atoms with Crippen LogP contribution in [0.2, 0.25) is 0 Å². The SMILES string of the molecule is CC(C)=CCc1cc(C(O)[C@H](N)C(=O)O)ccc1O. The lowest BCUT2D eigenvalue weighted by molar-refractivity contribution is -0.141. The molecule has 0 heterocycles. The summed E-state index contributed by atoms with van der Waals surface area (Å²) in [5, 5.41) is 28.3. The van der Waals surface area contributed by atoms with Crippen LogP contribution >= 0.6 is 0 Å². The van der Waals surface area contributed by atoms with Gasteiger partial charge in [0.1, 0.15) is 17.9 Å². The normalized spacial score (nSPS) is 13.7. The third kappa shape index (κ3) is 4.08. The molecule has 1 aromatic rings. The number of carboxylic acids is 1. The molecule has 0 amide bonds. The van der Waals surface area contributed by atoms with Crippen molar-refractivity contribution in [1.29, 1.82) is 0 Å². The fourth-order valence-corrected chi connectivity index (χ4v) is 1.61. The number of hydrogen-bond donors (Lipinski definition) is 4. The van der Waals surface area contributed by atoms with Gasteiger partial charge in [0, 0.05) is 0 Å². The van der Waals surface area contributed by atoms with E-state index in [-0.39, 0.29) is 5.75 Å². The first-order chi connectivity index (χ1) is 8.82. The van der Waals surface area contributed by atoms with Gasteiger partial charge in [0.05, 0.1) is 0 Å². The highest BCUT2D eigenvalue weighted by Gasteiger charge is 2.23. The fraction of sp³-hybridized carbons (Fsp3) is 0.357. The van der Waals surface area contributed by atoms with E-state index >= 15 is 0 Å². The highest BCUT2D eigenvalue weighted by Crippen LogP contribution is 2.24. The van der Waals surface area contributed by atoms with Crippen molar-refractivity contribution >= 4 is 5.97 Å². The Labute approximate surface area is 112 Å². The summed E-state index contributed by atoms with van der Waals surface area (Å²) in [6.07, 6.45) is 1.14. The Hall–Kier alpha value is -1.85. The second-order valence-corrected chi connectivity index (χ2v) is 4.68. The van der Waals surface area contributed by atoms with Gasteiger partial charge in [-0.2, -0.15) is 0 Å². The van der Waals surface area contributed by atoms with Crippen LogP contribution in [0.1, 0.15) is 31.1 Å². The largest absolute Gasteiger partial charge is 0.508 e. The molecule has 1 rings (SSSR count). The van der Waals surface area contributed by atoms with E-state index in [1.54, 1.807) is 6.07 Å². The van der Waals surface area contributed by atoms with E-state index in [4.69, 9.17) is 10.8 Å². The van der Waals surface area contributed by atoms with Gasteiger partial charge in [-0.15, -0.1) is 0 Å². The number of benzene rings is 1. The summed E-state index contributed by atoms with van der Waals surface area (Å²) in [5.74, 6) is -1.16. The zero-order valence-corrected chi connectivity index (χ0v) is 11.0. The zero-order chi connectivity index (χ0) is 14.6. The van der Waals surface area contributed by atoms with Crippen LogP contribution in [0, 0.1) is 0 Å². The minimum absolute atomic E-state index is 0.109. The Kier molecular flexibility index (Phi) is 5.09. The predicted molar refractivity (Wildman–Crippen MR) is 71.8 cm³/mol. The highest BCUT2D eigenvalue weighted by atomic mass is 16.4. The number of rotatable bonds is 5. The smallest absolute Gasteiger partial charge is 0.323 e. The molecule has 0 aliphatic heterocycles. The molecule has 0 aromatic heterocycles. The maximum atomic E-state index is 10.7. The van der Waals surface area contributed by atoms with Crippen LogP contribution in [0.3, 0.4) is 0 Å². The second-order valence-electron chi connectivity index (χ2n) is 4.68. The van der Waals surface area contributed by atoms with Crippen molar-refractivity contribution in [2.75, 3.05) is 0 Å². The number of nitrogens with two attached hydrogens (primary N) is 1. The molecule has 0 fully saturated rings. The Morgan fingerprint density at radius 3 is 2.58 bits per heavy atom. The summed E-state index contributed by atoms with van der Waals surface area (Å²) < 4.78 is 0. The van der Waals surface area contributed by atoms with Crippen molar-refractivity contribution in [2.24, 2.45) is 5.73 Å². The summed E-state index contributed by atoms with van der Waals surface area (Å²) in [5.41, 5.74) is 7.48. The van der Waals surface area contributed by atoms with E-state index in [2.05, 4.69) is 0 Å². The van der Waals surface area contributed by atoms with Crippen LogP contribution in [0.5, 0.6) is 5.75 Å². The Morgan fingerprint density at radius 1 is 1.42 bits per heavy atom. The van der Waals surface area contributed by atoms with E-state index in [1.165, 1.54) is 12.1 Å². The fourth-order valence-electron chi connectivity index (χ4n) is 1.61. The quantitative estimate of drug-likeness (QED) is 0.602. The molecule has 5 nitrogen and oxygen atoms in total. The molecule has 0 radical (unpaired) electrons. The van der Waals surface area contributed by atoms with E-state index in [1.807, 2.05) is 19.9 Å². The zero-order valence-electron chi connectivity index (χ0n) is 11.0. The van der Waals surface area contributed by atoms with Crippen LogP contribution in [-0.2, 0) is 11.2 Å². The molecule has 2 atom stereocenters. The summed E-state index contributed by atoms with van der Waals surface area (Å²) in [6, 6.07) is 3.08. The summed E-state index contributed by atoms with van der Waals surface area (Å²) in [6.45, 7) is 3.88. The van der Waals surface area contributed by atoms with Crippen LogP contribution in [-0.4, -0.2) is 27.3 Å². The molecule has 1 unspecified atom stereocenters. The maximum absolute atomic E-state index is 10.7. The van der Waals surface area contributed by atoms with Gasteiger partial charge in [-0.3, -0.25) is 4.79 Å². The Balaban J connectivity index is 3.01. The lowest BCUT2D eigenvalue weighted by Gasteiger charge is -2.16. The molecular formula is C14H19NO4. The second kappa shape index (κ2) is 6.36. The van der Waals surface area contributed by atoms with E-state index in [0.29, 0.717) is 17.5 Å². The topological polar surface area (TPSA) is 104 Å². The Morgan fingerprint density at radius 2 is 2.05 bits per heavy atom. The van der Waals surface area contributed by atoms with E-state index in [0.717, 1.165) is 5.57 Å². The standard InChI is InChI=1S/C14H19NO4/c1-8(2)3-4-9-7-10(5-6-11(9)16)13(17)12(15)14(18)19/h3,5-7,12-13,16-17H,4,15H2,1-2H3,(H,18,19)/t12-,13?/m0/s1. The lowest BCUT2D eigenvalue weighted by Crippen LogP contribution is -2.36. The third-order valence-electron chi connectivity index (χ3n) is 2.80. The number of phenolic OH excluding ortho intramolecular Hbond substituents is 1. The van der Waals surface area contributed by atoms with E-state index in [9.17, 15) is 15.0 Å². The number of aliphatic hydroxyl groups excluding tert-OH is 1. The summed E-state index contributed by atoms with van der Waals surface area (Å²) in [7, 11) is 0. The molecule has 19 heavy (non-hydrogen) atoms. The van der Waals surface area contributed by atoms with E-state index < -0.39 is 18.1 Å². The van der Waals surface area contributed by atoms with Gasteiger partial charge < -0.3 is 21.1 Å². The van der Waals surface area contributed by atoms with Gasteiger partial charge in [0.15, 0.2) is 0 Å². The van der Waals surface area contributed by atoms with Gasteiger partial charge in [0.2, 0.25) is 0 Å². The molecule has 0 saturated heterocycles. The average molecular weight is 265 g/mol. The van der Waals surface area contributed by atoms with Gasteiger partial charge in [-0.05, 0) is 43.5 Å². The highest BCUT2D eigenvalue weighted by molar-refractivity contribution is 5.74. The number of phenols is 1. The first-order valence-corrected chi connectivity index (χ1v) is 5.94. The third-order valence-corrected chi connectivity index (χ3v) is 2.80. The van der Waals surface area contributed by atoms with Crippen molar-refractivity contribution in [2.45, 2.75) is 32.4 Å². The molecule has 1 aromatic carbocycles. The van der Waals surface area contributed by atoms with Crippen molar-refractivity contribution in [3.63, 3.8) is 0 Å². The number of carboxylic acid groups (broad SMARTS) is 1. The molecule has 5 N–H and O–H groups in total. The summed E-state index contributed by atoms with van der Waals surface area (Å²) in [4.78, 5) is 10.7. The van der Waals surface area contributed by atoms with Crippen LogP contribution in [0.15, 0.2) is 29.8 Å². The van der Waals surface area contributed by atoms with Crippen molar-refractivity contribution < 1.29 is 20.1 Å². The number of aliphatic hydroxyl groups is 1. The molecule has 0 spiro atoms. The minimum Gasteiger partial charge on any atom is -0.508 e. The van der Waals surface area contributed by atoms with Crippen molar-refractivity contribution in [3.8, 4) is 5.75 Å². The van der Waals surface area contributed by atoms with Gasteiger partial charge in [0.25, 0.3) is 0 Å². The van der Waals surface area contributed by atoms with Crippen LogP contribution in [0.4, 0.5) is 0 Å². The minimum atomic E-state index is -1.39. The first-order valence-electron chi connectivity index (χ1n) is 5.94. The molecule has 0 aliphatic carbocycles. The van der Waals surface area contributed by atoms with Crippen LogP contribution in [0.25, 0.3) is 0 Å². The van der Waals surface area contributed by atoms with Gasteiger partial charge in [-0.25, -0.2) is 0 Å². The average Bonchev–Trinajstić information content (AvgIpc) is 2.35. The molecule has 104 valence electrons. The molecule has 0 aliphatic rings. The monoisotopic (exact) mass is 265 g/mol. The predicted octanol–water partition coefficient (Wildman–Crippen LogP) is 1.35. The lowest BCUT2D eigenvalue weighted by atomic mass is 9.98. The summed E-state index contributed by atoms with van der Waals surface area (Å²) >= 11 is 0. The van der Waals surface area contributed by atoms with Gasteiger partial charge in [-0.1, -0.05) is 17.7 Å². The Bertz CT molecular complexity index is 492. The number of aromatic hydroxyl groups is 1. The van der Waals surface area contributed by atoms with Crippen molar-refractivity contribution in [1.82, 2.24) is 0 Å². The number of carbonyl (C=O) groups is 1. The number of hydrogen-bond acceptors (Lipinski definition) is 4.